The molecule has 23 heavy (non-hydrogen) atoms. The highest BCUT2D eigenvalue weighted by Crippen LogP contribution is 2.36. The fraction of sp³-hybridized carbons (Fsp3) is 0.467. The SMILES string of the molecule is CC(CN(C)C(=O)C(C)Oc1ccccc1C(F)(F)F)C(=O)O. The quantitative estimate of drug-likeness (QED) is 0.869. The molecule has 1 aromatic rings. The van der Waals surface area contributed by atoms with E-state index in [1.165, 1.54) is 33.0 Å². The summed E-state index contributed by atoms with van der Waals surface area (Å²) in [5.74, 6) is -2.91. The van der Waals surface area contributed by atoms with E-state index >= 15 is 0 Å². The van der Waals surface area contributed by atoms with Crippen molar-refractivity contribution < 1.29 is 32.6 Å². The molecule has 0 saturated heterocycles. The number of ether oxygens (including phenoxy) is 1. The lowest BCUT2D eigenvalue weighted by Crippen LogP contribution is -2.41. The highest BCUT2D eigenvalue weighted by Gasteiger charge is 2.35. The molecule has 2 atom stereocenters. The molecule has 1 amide bonds. The number of carbonyl (C=O) groups is 2. The summed E-state index contributed by atoms with van der Waals surface area (Å²) in [4.78, 5) is 24.0. The first-order valence-electron chi connectivity index (χ1n) is 6.84. The Kier molecular flexibility index (Phi) is 6.00. The third kappa shape index (κ3) is 5.15. The van der Waals surface area contributed by atoms with Gasteiger partial charge in [-0.2, -0.15) is 13.2 Å². The molecule has 0 bridgehead atoms. The van der Waals surface area contributed by atoms with Crippen molar-refractivity contribution in [1.29, 1.82) is 0 Å². The molecule has 0 fully saturated rings. The van der Waals surface area contributed by atoms with Gasteiger partial charge in [-0.05, 0) is 19.1 Å². The zero-order valence-electron chi connectivity index (χ0n) is 12.9. The predicted octanol–water partition coefficient (Wildman–Crippen LogP) is 2.65. The van der Waals surface area contributed by atoms with Crippen molar-refractivity contribution in [2.45, 2.75) is 26.1 Å². The molecule has 1 N–H and O–H groups in total. The highest BCUT2D eigenvalue weighted by molar-refractivity contribution is 5.81. The Balaban J connectivity index is 2.82. The molecular formula is C15H18F3NO4. The molecular weight excluding hydrogens is 315 g/mol. The average Bonchev–Trinajstić information content (AvgIpc) is 2.45. The average molecular weight is 333 g/mol. The number of carboxylic acid groups (broad SMARTS) is 1. The van der Waals surface area contributed by atoms with Gasteiger partial charge in [0.05, 0.1) is 11.5 Å². The molecule has 0 spiro atoms. The normalized spacial score (nSPS) is 14.0. The number of amides is 1. The summed E-state index contributed by atoms with van der Waals surface area (Å²) in [5.41, 5.74) is -0.971. The molecule has 1 aromatic carbocycles. The smallest absolute Gasteiger partial charge is 0.419 e. The molecule has 2 unspecified atom stereocenters. The maximum atomic E-state index is 12.9. The van der Waals surface area contributed by atoms with Crippen molar-refractivity contribution in [2.24, 2.45) is 5.92 Å². The molecule has 0 saturated carbocycles. The molecule has 8 heteroatoms. The van der Waals surface area contributed by atoms with E-state index in [9.17, 15) is 22.8 Å². The number of benzene rings is 1. The summed E-state index contributed by atoms with van der Waals surface area (Å²) in [6, 6.07) is 4.59. The van der Waals surface area contributed by atoms with Crippen LogP contribution in [0.3, 0.4) is 0 Å². The van der Waals surface area contributed by atoms with Crippen LogP contribution in [-0.4, -0.2) is 41.6 Å². The van der Waals surface area contributed by atoms with Gasteiger partial charge in [-0.3, -0.25) is 9.59 Å². The van der Waals surface area contributed by atoms with Gasteiger partial charge >= 0.3 is 12.1 Å². The first kappa shape index (κ1) is 18.8. The Morgan fingerprint density at radius 1 is 1.26 bits per heavy atom. The number of likely N-dealkylation sites (N-methyl/N-ethyl adjacent to an activating group) is 1. The van der Waals surface area contributed by atoms with Crippen molar-refractivity contribution in [3.63, 3.8) is 0 Å². The second-order valence-corrected chi connectivity index (χ2v) is 5.21. The Morgan fingerprint density at radius 2 is 1.83 bits per heavy atom. The lowest BCUT2D eigenvalue weighted by molar-refractivity contribution is -0.146. The Labute approximate surface area is 131 Å². The van der Waals surface area contributed by atoms with Gasteiger partial charge in [0, 0.05) is 13.6 Å². The monoisotopic (exact) mass is 333 g/mol. The van der Waals surface area contributed by atoms with Crippen LogP contribution in [0.5, 0.6) is 5.75 Å². The van der Waals surface area contributed by atoms with E-state index < -0.39 is 41.4 Å². The zero-order chi connectivity index (χ0) is 17.8. The van der Waals surface area contributed by atoms with Gasteiger partial charge in [-0.1, -0.05) is 19.1 Å². The Hall–Kier alpha value is -2.25. The predicted molar refractivity (Wildman–Crippen MR) is 76.0 cm³/mol. The van der Waals surface area contributed by atoms with Crippen LogP contribution in [0.2, 0.25) is 0 Å². The maximum absolute atomic E-state index is 12.9. The van der Waals surface area contributed by atoms with Gasteiger partial charge in [0.1, 0.15) is 5.75 Å². The number of alkyl halides is 3. The van der Waals surface area contributed by atoms with Crippen molar-refractivity contribution in [1.82, 2.24) is 4.90 Å². The van der Waals surface area contributed by atoms with Gasteiger partial charge in [-0.15, -0.1) is 0 Å². The fourth-order valence-electron chi connectivity index (χ4n) is 1.93. The number of para-hydroxylation sites is 1. The second kappa shape index (κ2) is 7.34. The third-order valence-corrected chi connectivity index (χ3v) is 3.19. The van der Waals surface area contributed by atoms with E-state index in [4.69, 9.17) is 9.84 Å². The van der Waals surface area contributed by atoms with Gasteiger partial charge in [0.15, 0.2) is 6.10 Å². The van der Waals surface area contributed by atoms with Crippen molar-refractivity contribution in [3.05, 3.63) is 29.8 Å². The second-order valence-electron chi connectivity index (χ2n) is 5.21. The summed E-state index contributed by atoms with van der Waals surface area (Å²) in [5, 5.41) is 8.82. The number of nitrogens with zero attached hydrogens (tertiary/aromatic N) is 1. The molecule has 0 aromatic heterocycles. The van der Waals surface area contributed by atoms with E-state index in [2.05, 4.69) is 0 Å². The number of carbonyl (C=O) groups excluding carboxylic acids is 1. The molecule has 0 aliphatic rings. The molecule has 0 aliphatic heterocycles. The Bertz CT molecular complexity index is 574. The number of hydrogen-bond acceptors (Lipinski definition) is 3. The number of aliphatic carboxylic acids is 1. The first-order chi connectivity index (χ1) is 10.5. The van der Waals surface area contributed by atoms with Gasteiger partial charge in [-0.25, -0.2) is 0 Å². The van der Waals surface area contributed by atoms with Gasteiger partial charge in [0.2, 0.25) is 0 Å². The minimum atomic E-state index is -4.59. The van der Waals surface area contributed by atoms with Crippen LogP contribution in [0.15, 0.2) is 24.3 Å². The Morgan fingerprint density at radius 3 is 2.35 bits per heavy atom. The first-order valence-corrected chi connectivity index (χ1v) is 6.84. The minimum absolute atomic E-state index is 0.0667. The highest BCUT2D eigenvalue weighted by atomic mass is 19.4. The molecule has 128 valence electrons. The lowest BCUT2D eigenvalue weighted by atomic mass is 10.1. The van der Waals surface area contributed by atoms with Crippen LogP contribution in [0.4, 0.5) is 13.2 Å². The lowest BCUT2D eigenvalue weighted by Gasteiger charge is -2.24. The van der Waals surface area contributed by atoms with Crippen LogP contribution in [0.1, 0.15) is 19.4 Å². The van der Waals surface area contributed by atoms with Crippen molar-refractivity contribution in [2.75, 3.05) is 13.6 Å². The third-order valence-electron chi connectivity index (χ3n) is 3.19. The van der Waals surface area contributed by atoms with Gasteiger partial charge < -0.3 is 14.7 Å². The summed E-state index contributed by atoms with van der Waals surface area (Å²) < 4.78 is 43.8. The van der Waals surface area contributed by atoms with E-state index in [1.807, 2.05) is 0 Å². The van der Waals surface area contributed by atoms with Crippen LogP contribution in [-0.2, 0) is 15.8 Å². The van der Waals surface area contributed by atoms with Crippen LogP contribution in [0.25, 0.3) is 0 Å². The van der Waals surface area contributed by atoms with Crippen LogP contribution in [0, 0.1) is 5.92 Å². The number of hydrogen-bond donors (Lipinski definition) is 1. The van der Waals surface area contributed by atoms with E-state index in [0.717, 1.165) is 17.0 Å². The summed E-state index contributed by atoms with van der Waals surface area (Å²) in [6.45, 7) is 2.68. The van der Waals surface area contributed by atoms with Crippen molar-refractivity contribution in [3.8, 4) is 5.75 Å². The van der Waals surface area contributed by atoms with E-state index in [-0.39, 0.29) is 6.54 Å². The molecule has 0 radical (unpaired) electrons. The van der Waals surface area contributed by atoms with E-state index in [1.54, 1.807) is 0 Å². The molecule has 1 rings (SSSR count). The number of carboxylic acids is 1. The van der Waals surface area contributed by atoms with Gasteiger partial charge in [0.25, 0.3) is 5.91 Å². The maximum Gasteiger partial charge on any atom is 0.419 e. The summed E-state index contributed by atoms with van der Waals surface area (Å²) in [7, 11) is 1.37. The molecule has 5 nitrogen and oxygen atoms in total. The largest absolute Gasteiger partial charge is 0.481 e. The standard InChI is InChI=1S/C15H18F3NO4/c1-9(14(21)22)8-19(3)13(20)10(2)23-12-7-5-4-6-11(12)15(16,17)18/h4-7,9-10H,8H2,1-3H3,(H,21,22). The molecule has 0 aliphatic carbocycles. The fourth-order valence-corrected chi connectivity index (χ4v) is 1.93. The topological polar surface area (TPSA) is 66.8 Å². The summed E-state index contributed by atoms with van der Waals surface area (Å²) >= 11 is 0. The summed E-state index contributed by atoms with van der Waals surface area (Å²) in [6.07, 6.45) is -5.77. The number of rotatable bonds is 6. The number of halogens is 3. The van der Waals surface area contributed by atoms with Crippen LogP contribution < -0.4 is 4.74 Å². The zero-order valence-corrected chi connectivity index (χ0v) is 12.9. The van der Waals surface area contributed by atoms with Crippen molar-refractivity contribution >= 4 is 11.9 Å². The van der Waals surface area contributed by atoms with Crippen LogP contribution >= 0.6 is 0 Å². The molecule has 0 heterocycles. The minimum Gasteiger partial charge on any atom is -0.481 e. The van der Waals surface area contributed by atoms with E-state index in [0.29, 0.717) is 0 Å².